The van der Waals surface area contributed by atoms with Crippen LogP contribution >= 0.6 is 0 Å². The van der Waals surface area contributed by atoms with Gasteiger partial charge in [0.2, 0.25) is 0 Å². The fourth-order valence-corrected chi connectivity index (χ4v) is 4.21. The van der Waals surface area contributed by atoms with Gasteiger partial charge in [-0.05, 0) is 44.0 Å². The first-order valence-corrected chi connectivity index (χ1v) is 7.83. The maximum absolute atomic E-state index is 13.2. The molecule has 1 aliphatic carbocycles. The van der Waals surface area contributed by atoms with Gasteiger partial charge in [0.15, 0.2) is 0 Å². The summed E-state index contributed by atoms with van der Waals surface area (Å²) >= 11 is 0. The monoisotopic (exact) mass is 269 g/mol. The summed E-state index contributed by atoms with van der Waals surface area (Å²) in [6.07, 6.45) is 4.22. The van der Waals surface area contributed by atoms with Crippen LogP contribution in [0.5, 0.6) is 0 Å². The molecule has 1 saturated carbocycles. The predicted molar refractivity (Wildman–Crippen MR) is 72.5 cm³/mol. The summed E-state index contributed by atoms with van der Waals surface area (Å²) in [7, 11) is -1.11. The Morgan fingerprint density at radius 2 is 2.28 bits per heavy atom. The lowest BCUT2D eigenvalue weighted by Gasteiger charge is -2.20. The highest BCUT2D eigenvalue weighted by Crippen LogP contribution is 2.27. The maximum atomic E-state index is 13.2. The highest BCUT2D eigenvalue weighted by molar-refractivity contribution is 7.85. The first-order valence-electron chi connectivity index (χ1n) is 6.62. The van der Waals surface area contributed by atoms with Gasteiger partial charge in [-0.15, -0.1) is 0 Å². The molecule has 3 atom stereocenters. The minimum Gasteiger partial charge on any atom is -0.313 e. The average molecular weight is 269 g/mol. The van der Waals surface area contributed by atoms with Crippen molar-refractivity contribution in [3.63, 3.8) is 0 Å². The van der Waals surface area contributed by atoms with E-state index < -0.39 is 10.8 Å². The third kappa shape index (κ3) is 3.18. The van der Waals surface area contributed by atoms with E-state index in [1.165, 1.54) is 12.1 Å². The number of halogens is 1. The lowest BCUT2D eigenvalue weighted by Crippen LogP contribution is -2.38. The molecular formula is C14H20FNOS. The molecule has 0 spiro atoms. The standard InChI is InChI=1S/C14H20FNOS/c1-2-9-16-13-7-4-8-14(13)18(17)12-6-3-5-11(15)10-12/h3,5-6,10,13-14,16H,2,4,7-9H2,1H3. The number of rotatable bonds is 5. The molecule has 4 heteroatoms. The Bertz CT molecular complexity index is 424. The number of hydrogen-bond donors (Lipinski definition) is 1. The van der Waals surface area contributed by atoms with Crippen molar-refractivity contribution >= 4 is 10.8 Å². The molecule has 2 rings (SSSR count). The molecule has 0 heterocycles. The van der Waals surface area contributed by atoms with Crippen LogP contribution in [0.4, 0.5) is 4.39 Å². The molecule has 0 bridgehead atoms. The van der Waals surface area contributed by atoms with Gasteiger partial charge in [-0.3, -0.25) is 4.21 Å². The summed E-state index contributed by atoms with van der Waals surface area (Å²) in [5, 5.41) is 3.58. The van der Waals surface area contributed by atoms with Crippen LogP contribution in [0.15, 0.2) is 29.2 Å². The van der Waals surface area contributed by atoms with E-state index in [9.17, 15) is 8.60 Å². The van der Waals surface area contributed by atoms with Crippen LogP contribution in [0.3, 0.4) is 0 Å². The van der Waals surface area contributed by atoms with E-state index in [1.54, 1.807) is 12.1 Å². The highest BCUT2D eigenvalue weighted by Gasteiger charge is 2.32. The highest BCUT2D eigenvalue weighted by atomic mass is 32.2. The van der Waals surface area contributed by atoms with Gasteiger partial charge < -0.3 is 5.32 Å². The van der Waals surface area contributed by atoms with Crippen molar-refractivity contribution in [2.45, 2.75) is 48.8 Å². The van der Waals surface area contributed by atoms with E-state index in [2.05, 4.69) is 12.2 Å². The first-order chi connectivity index (χ1) is 8.72. The Morgan fingerprint density at radius 1 is 1.44 bits per heavy atom. The molecule has 0 saturated heterocycles. The predicted octanol–water partition coefficient (Wildman–Crippen LogP) is 2.85. The van der Waals surface area contributed by atoms with Crippen molar-refractivity contribution in [3.8, 4) is 0 Å². The Kier molecular flexibility index (Phi) is 4.89. The van der Waals surface area contributed by atoms with E-state index in [0.29, 0.717) is 10.9 Å². The Labute approximate surface area is 110 Å². The second-order valence-corrected chi connectivity index (χ2v) is 6.46. The van der Waals surface area contributed by atoms with Gasteiger partial charge in [-0.25, -0.2) is 4.39 Å². The van der Waals surface area contributed by atoms with Crippen molar-refractivity contribution in [2.24, 2.45) is 0 Å². The van der Waals surface area contributed by atoms with Crippen LogP contribution in [0.1, 0.15) is 32.6 Å². The zero-order valence-corrected chi connectivity index (χ0v) is 11.5. The Hall–Kier alpha value is -0.740. The smallest absolute Gasteiger partial charge is 0.124 e. The van der Waals surface area contributed by atoms with Crippen LogP contribution in [0.25, 0.3) is 0 Å². The Balaban J connectivity index is 2.08. The third-order valence-electron chi connectivity index (χ3n) is 3.41. The van der Waals surface area contributed by atoms with Crippen LogP contribution < -0.4 is 5.32 Å². The fourth-order valence-electron chi connectivity index (χ4n) is 2.51. The summed E-state index contributed by atoms with van der Waals surface area (Å²) in [4.78, 5) is 0.616. The second kappa shape index (κ2) is 6.43. The first kappa shape index (κ1) is 13.7. The lowest BCUT2D eigenvalue weighted by molar-refractivity contribution is 0.522. The van der Waals surface area contributed by atoms with E-state index in [-0.39, 0.29) is 11.1 Å². The molecule has 0 aliphatic heterocycles. The van der Waals surface area contributed by atoms with Crippen molar-refractivity contribution in [3.05, 3.63) is 30.1 Å². The number of benzene rings is 1. The molecule has 1 aliphatic rings. The van der Waals surface area contributed by atoms with E-state index >= 15 is 0 Å². The SMILES string of the molecule is CCCNC1CCCC1S(=O)c1cccc(F)c1. The summed E-state index contributed by atoms with van der Waals surface area (Å²) in [6, 6.07) is 6.49. The minimum absolute atomic E-state index is 0.123. The van der Waals surface area contributed by atoms with Gasteiger partial charge in [-0.2, -0.15) is 0 Å². The van der Waals surface area contributed by atoms with Crippen molar-refractivity contribution in [2.75, 3.05) is 6.54 Å². The van der Waals surface area contributed by atoms with Crippen LogP contribution in [-0.2, 0) is 10.8 Å². The summed E-state index contributed by atoms with van der Waals surface area (Å²) in [5.41, 5.74) is 0. The minimum atomic E-state index is -1.11. The van der Waals surface area contributed by atoms with Crippen LogP contribution in [0.2, 0.25) is 0 Å². The van der Waals surface area contributed by atoms with Crippen molar-refractivity contribution in [1.29, 1.82) is 0 Å². The number of hydrogen-bond acceptors (Lipinski definition) is 2. The quantitative estimate of drug-likeness (QED) is 0.890. The van der Waals surface area contributed by atoms with Gasteiger partial charge in [0.25, 0.3) is 0 Å². The number of nitrogens with one attached hydrogen (secondary N) is 1. The molecule has 1 aromatic rings. The molecule has 100 valence electrons. The van der Waals surface area contributed by atoms with Crippen molar-refractivity contribution < 1.29 is 8.60 Å². The molecule has 0 amide bonds. The van der Waals surface area contributed by atoms with Gasteiger partial charge in [0.1, 0.15) is 5.82 Å². The molecule has 1 N–H and O–H groups in total. The van der Waals surface area contributed by atoms with Gasteiger partial charge in [0.05, 0.1) is 16.0 Å². The summed E-state index contributed by atoms with van der Waals surface area (Å²) < 4.78 is 25.6. The van der Waals surface area contributed by atoms with E-state index in [0.717, 1.165) is 32.2 Å². The van der Waals surface area contributed by atoms with Crippen molar-refractivity contribution in [1.82, 2.24) is 5.32 Å². The summed E-state index contributed by atoms with van der Waals surface area (Å²) in [5.74, 6) is -0.308. The summed E-state index contributed by atoms with van der Waals surface area (Å²) in [6.45, 7) is 3.09. The zero-order chi connectivity index (χ0) is 13.0. The van der Waals surface area contributed by atoms with Gasteiger partial charge in [0, 0.05) is 10.9 Å². The normalized spacial score (nSPS) is 25.2. The largest absolute Gasteiger partial charge is 0.313 e. The fraction of sp³-hybridized carbons (Fsp3) is 0.571. The van der Waals surface area contributed by atoms with Crippen LogP contribution in [-0.4, -0.2) is 22.0 Å². The van der Waals surface area contributed by atoms with E-state index in [4.69, 9.17) is 0 Å². The molecule has 3 unspecified atom stereocenters. The second-order valence-electron chi connectivity index (χ2n) is 4.78. The van der Waals surface area contributed by atoms with Gasteiger partial charge >= 0.3 is 0 Å². The van der Waals surface area contributed by atoms with Crippen LogP contribution in [0, 0.1) is 5.82 Å². The third-order valence-corrected chi connectivity index (χ3v) is 5.25. The molecule has 1 aromatic carbocycles. The zero-order valence-electron chi connectivity index (χ0n) is 10.7. The Morgan fingerprint density at radius 3 is 3.00 bits per heavy atom. The molecule has 0 aromatic heterocycles. The maximum Gasteiger partial charge on any atom is 0.124 e. The van der Waals surface area contributed by atoms with E-state index in [1.807, 2.05) is 0 Å². The molecule has 2 nitrogen and oxygen atoms in total. The topological polar surface area (TPSA) is 29.1 Å². The molecule has 18 heavy (non-hydrogen) atoms. The molecule has 1 fully saturated rings. The molecular weight excluding hydrogens is 249 g/mol. The molecule has 0 radical (unpaired) electrons. The van der Waals surface area contributed by atoms with Gasteiger partial charge in [-0.1, -0.05) is 19.4 Å². The lowest BCUT2D eigenvalue weighted by atomic mass is 10.2. The average Bonchev–Trinajstić information content (AvgIpc) is 2.83.